The molecule has 1 atom stereocenters. The van der Waals surface area contributed by atoms with Crippen LogP contribution in [-0.4, -0.2) is 36.8 Å². The summed E-state index contributed by atoms with van der Waals surface area (Å²) >= 11 is 0. The summed E-state index contributed by atoms with van der Waals surface area (Å²) < 4.78 is 42.5. The van der Waals surface area contributed by atoms with Crippen LogP contribution < -0.4 is 0 Å². The molecule has 2 heterocycles. The molecule has 1 saturated heterocycles. The number of amides is 1. The molecule has 0 bridgehead atoms. The molecule has 0 N–H and O–H groups in total. The predicted molar refractivity (Wildman–Crippen MR) is 96.6 cm³/mol. The SMILES string of the molecule is CCCC(=O)N(Cc1ccc(-c2ccc(F)cc2)o1)C1CCS(=O)(=O)C1. The van der Waals surface area contributed by atoms with Gasteiger partial charge in [-0.3, -0.25) is 4.79 Å². The topological polar surface area (TPSA) is 67.6 Å². The maximum absolute atomic E-state index is 13.1. The van der Waals surface area contributed by atoms with Crippen molar-refractivity contribution in [3.05, 3.63) is 48.0 Å². The molecule has 1 aliphatic heterocycles. The Hall–Kier alpha value is -2.15. The number of nitrogens with zero attached hydrogens (tertiary/aromatic N) is 1. The van der Waals surface area contributed by atoms with Gasteiger partial charge < -0.3 is 9.32 Å². The van der Waals surface area contributed by atoms with Gasteiger partial charge >= 0.3 is 0 Å². The average Bonchev–Trinajstić information content (AvgIpc) is 3.20. The highest BCUT2D eigenvalue weighted by Gasteiger charge is 2.34. The van der Waals surface area contributed by atoms with Crippen molar-refractivity contribution in [2.45, 2.75) is 38.8 Å². The number of sulfone groups is 1. The van der Waals surface area contributed by atoms with E-state index in [1.54, 1.807) is 29.2 Å². The molecule has 26 heavy (non-hydrogen) atoms. The van der Waals surface area contributed by atoms with Crippen LogP contribution in [0.4, 0.5) is 4.39 Å². The number of furan rings is 1. The van der Waals surface area contributed by atoms with Gasteiger partial charge in [0.05, 0.1) is 18.1 Å². The fourth-order valence-electron chi connectivity index (χ4n) is 3.20. The van der Waals surface area contributed by atoms with Gasteiger partial charge in [0.25, 0.3) is 0 Å². The van der Waals surface area contributed by atoms with Crippen LogP contribution in [0.25, 0.3) is 11.3 Å². The third-order valence-electron chi connectivity index (χ3n) is 4.55. The van der Waals surface area contributed by atoms with Crippen LogP contribution in [0, 0.1) is 5.82 Å². The summed E-state index contributed by atoms with van der Waals surface area (Å²) in [4.78, 5) is 14.1. The van der Waals surface area contributed by atoms with Gasteiger partial charge in [-0.25, -0.2) is 12.8 Å². The molecule has 140 valence electrons. The molecule has 2 aromatic rings. The zero-order valence-corrected chi connectivity index (χ0v) is 15.5. The Kier molecular flexibility index (Phi) is 5.46. The van der Waals surface area contributed by atoms with Gasteiger partial charge in [-0.15, -0.1) is 0 Å². The Bertz CT molecular complexity index is 873. The number of rotatable bonds is 6. The van der Waals surface area contributed by atoms with E-state index in [2.05, 4.69) is 0 Å². The maximum Gasteiger partial charge on any atom is 0.223 e. The number of halogens is 1. The molecule has 0 radical (unpaired) electrons. The van der Waals surface area contributed by atoms with Crippen molar-refractivity contribution in [3.63, 3.8) is 0 Å². The Morgan fingerprint density at radius 3 is 2.58 bits per heavy atom. The van der Waals surface area contributed by atoms with Crippen molar-refractivity contribution in [2.75, 3.05) is 11.5 Å². The predicted octanol–water partition coefficient (Wildman–Crippen LogP) is 3.40. The first-order chi connectivity index (χ1) is 12.4. The van der Waals surface area contributed by atoms with Crippen LogP contribution in [0.1, 0.15) is 31.9 Å². The molecular weight excluding hydrogens is 357 g/mol. The summed E-state index contributed by atoms with van der Waals surface area (Å²) in [6.07, 6.45) is 1.54. The maximum atomic E-state index is 13.1. The normalized spacial score (nSPS) is 18.8. The van der Waals surface area contributed by atoms with Crippen LogP contribution in [0.3, 0.4) is 0 Å². The molecule has 1 unspecified atom stereocenters. The highest BCUT2D eigenvalue weighted by molar-refractivity contribution is 7.91. The lowest BCUT2D eigenvalue weighted by Gasteiger charge is -2.27. The van der Waals surface area contributed by atoms with E-state index < -0.39 is 9.84 Å². The van der Waals surface area contributed by atoms with Crippen LogP contribution in [0.2, 0.25) is 0 Å². The Morgan fingerprint density at radius 2 is 1.96 bits per heavy atom. The molecular formula is C19H22FNO4S. The van der Waals surface area contributed by atoms with Gasteiger partial charge in [0, 0.05) is 18.0 Å². The van der Waals surface area contributed by atoms with Gasteiger partial charge in [-0.1, -0.05) is 6.92 Å². The summed E-state index contributed by atoms with van der Waals surface area (Å²) in [5.74, 6) is 0.911. The standard InChI is InChI=1S/C19H22FNO4S/c1-2-3-19(22)21(16-10-11-26(23,24)13-16)12-17-8-9-18(25-17)14-4-6-15(20)7-5-14/h4-9,16H,2-3,10-13H2,1H3. The lowest BCUT2D eigenvalue weighted by molar-refractivity contribution is -0.134. The van der Waals surface area contributed by atoms with E-state index in [1.807, 2.05) is 6.92 Å². The molecule has 7 heteroatoms. The highest BCUT2D eigenvalue weighted by atomic mass is 32.2. The van der Waals surface area contributed by atoms with Crippen molar-refractivity contribution in [2.24, 2.45) is 0 Å². The smallest absolute Gasteiger partial charge is 0.223 e. The summed E-state index contributed by atoms with van der Waals surface area (Å²) in [6, 6.07) is 9.21. The first-order valence-corrected chi connectivity index (χ1v) is 10.5. The minimum atomic E-state index is -3.08. The van der Waals surface area contributed by atoms with E-state index in [9.17, 15) is 17.6 Å². The minimum absolute atomic E-state index is 0.00792. The van der Waals surface area contributed by atoms with Crippen LogP contribution in [0.15, 0.2) is 40.8 Å². The van der Waals surface area contributed by atoms with E-state index in [-0.39, 0.29) is 35.8 Å². The van der Waals surface area contributed by atoms with Crippen molar-refractivity contribution in [1.82, 2.24) is 4.90 Å². The number of carbonyl (C=O) groups excluding carboxylic acids is 1. The lowest BCUT2D eigenvalue weighted by Crippen LogP contribution is -2.40. The fourth-order valence-corrected chi connectivity index (χ4v) is 4.93. The van der Waals surface area contributed by atoms with Crippen LogP contribution in [-0.2, 0) is 21.2 Å². The van der Waals surface area contributed by atoms with E-state index in [1.165, 1.54) is 12.1 Å². The van der Waals surface area contributed by atoms with Crippen LogP contribution >= 0.6 is 0 Å². The molecule has 1 aliphatic rings. The van der Waals surface area contributed by atoms with E-state index in [4.69, 9.17) is 4.42 Å². The first kappa shape index (κ1) is 18.6. The summed E-state index contributed by atoms with van der Waals surface area (Å²) in [6.45, 7) is 2.15. The fraction of sp³-hybridized carbons (Fsp3) is 0.421. The number of benzene rings is 1. The Labute approximate surface area is 152 Å². The second-order valence-electron chi connectivity index (χ2n) is 6.60. The molecule has 3 rings (SSSR count). The van der Waals surface area contributed by atoms with Crippen molar-refractivity contribution >= 4 is 15.7 Å². The highest BCUT2D eigenvalue weighted by Crippen LogP contribution is 2.26. The molecule has 0 aliphatic carbocycles. The quantitative estimate of drug-likeness (QED) is 0.771. The number of hydrogen-bond donors (Lipinski definition) is 0. The van der Waals surface area contributed by atoms with Gasteiger partial charge in [-0.05, 0) is 49.2 Å². The first-order valence-electron chi connectivity index (χ1n) is 8.72. The molecule has 1 aromatic carbocycles. The van der Waals surface area contributed by atoms with Crippen molar-refractivity contribution in [1.29, 1.82) is 0 Å². The van der Waals surface area contributed by atoms with Gasteiger partial charge in [0.1, 0.15) is 17.3 Å². The molecule has 5 nitrogen and oxygen atoms in total. The molecule has 0 spiro atoms. The second kappa shape index (κ2) is 7.61. The molecule has 1 amide bonds. The second-order valence-corrected chi connectivity index (χ2v) is 8.83. The molecule has 1 fully saturated rings. The number of hydrogen-bond acceptors (Lipinski definition) is 4. The largest absolute Gasteiger partial charge is 0.459 e. The van der Waals surface area contributed by atoms with Crippen molar-refractivity contribution in [3.8, 4) is 11.3 Å². The lowest BCUT2D eigenvalue weighted by atomic mass is 10.1. The van der Waals surface area contributed by atoms with Crippen molar-refractivity contribution < 1.29 is 22.0 Å². The zero-order valence-electron chi connectivity index (χ0n) is 14.7. The summed E-state index contributed by atoms with van der Waals surface area (Å²) in [5.41, 5.74) is 0.743. The summed E-state index contributed by atoms with van der Waals surface area (Å²) in [5, 5.41) is 0. The van der Waals surface area contributed by atoms with E-state index >= 15 is 0 Å². The third-order valence-corrected chi connectivity index (χ3v) is 6.30. The minimum Gasteiger partial charge on any atom is -0.459 e. The number of carbonyl (C=O) groups is 1. The van der Waals surface area contributed by atoms with Crippen LogP contribution in [0.5, 0.6) is 0 Å². The van der Waals surface area contributed by atoms with Gasteiger partial charge in [0.2, 0.25) is 5.91 Å². The molecule has 0 saturated carbocycles. The third kappa shape index (κ3) is 4.33. The Morgan fingerprint density at radius 1 is 1.23 bits per heavy atom. The zero-order chi connectivity index (χ0) is 18.7. The van der Waals surface area contributed by atoms with E-state index in [0.717, 1.165) is 5.56 Å². The van der Waals surface area contributed by atoms with Gasteiger partial charge in [0.15, 0.2) is 9.84 Å². The van der Waals surface area contributed by atoms with Gasteiger partial charge in [-0.2, -0.15) is 0 Å². The summed E-state index contributed by atoms with van der Waals surface area (Å²) in [7, 11) is -3.08. The average molecular weight is 379 g/mol. The monoisotopic (exact) mass is 379 g/mol. The Balaban J connectivity index is 1.78. The molecule has 1 aromatic heterocycles. The van der Waals surface area contributed by atoms with E-state index in [0.29, 0.717) is 30.8 Å².